The van der Waals surface area contributed by atoms with E-state index in [2.05, 4.69) is 5.32 Å². The number of anilines is 1. The number of nitrogens with one attached hydrogen (secondary N) is 1. The third-order valence-corrected chi connectivity index (χ3v) is 3.17. The number of benzene rings is 1. The van der Waals surface area contributed by atoms with Crippen molar-refractivity contribution in [1.82, 2.24) is 0 Å². The lowest BCUT2D eigenvalue weighted by Crippen LogP contribution is -2.21. The molecule has 0 aliphatic heterocycles. The molecule has 0 amide bonds. The summed E-state index contributed by atoms with van der Waals surface area (Å²) in [5.41, 5.74) is 2.00. The average molecular weight is 261 g/mol. The van der Waals surface area contributed by atoms with Gasteiger partial charge < -0.3 is 19.6 Å². The summed E-state index contributed by atoms with van der Waals surface area (Å²) in [6.07, 6.45) is 3.34. The predicted molar refractivity (Wildman–Crippen MR) is 74.3 cm³/mol. The number of hydrogen-bond acceptors (Lipinski definition) is 4. The molecule has 0 aliphatic rings. The monoisotopic (exact) mass is 261 g/mol. The smallest absolute Gasteiger partial charge is 0.119 e. The van der Waals surface area contributed by atoms with Crippen LogP contribution in [0.5, 0.6) is 5.75 Å². The molecule has 19 heavy (non-hydrogen) atoms. The highest BCUT2D eigenvalue weighted by molar-refractivity contribution is 5.48. The van der Waals surface area contributed by atoms with Gasteiger partial charge in [0.1, 0.15) is 5.75 Å². The van der Waals surface area contributed by atoms with Gasteiger partial charge in [-0.05, 0) is 30.3 Å². The van der Waals surface area contributed by atoms with Crippen LogP contribution in [0.25, 0.3) is 0 Å². The summed E-state index contributed by atoms with van der Waals surface area (Å²) in [6, 6.07) is 9.63. The van der Waals surface area contributed by atoms with Gasteiger partial charge in [-0.2, -0.15) is 0 Å². The van der Waals surface area contributed by atoms with Gasteiger partial charge in [0.25, 0.3) is 0 Å². The number of ether oxygens (including phenoxy) is 1. The Balaban J connectivity index is 2.15. The normalized spacial score (nSPS) is 13.8. The molecular weight excluding hydrogens is 242 g/mol. The maximum absolute atomic E-state index is 9.37. The van der Waals surface area contributed by atoms with Gasteiger partial charge in [0.2, 0.25) is 0 Å². The Hall–Kier alpha value is -1.94. The van der Waals surface area contributed by atoms with Crippen molar-refractivity contribution < 1.29 is 14.3 Å². The maximum atomic E-state index is 9.37. The first kappa shape index (κ1) is 13.5. The van der Waals surface area contributed by atoms with Gasteiger partial charge in [-0.25, -0.2) is 0 Å². The Morgan fingerprint density at radius 2 is 2.00 bits per heavy atom. The van der Waals surface area contributed by atoms with Gasteiger partial charge in [0, 0.05) is 23.8 Å². The zero-order valence-electron chi connectivity index (χ0n) is 11.2. The average Bonchev–Trinajstić information content (AvgIpc) is 2.98. The van der Waals surface area contributed by atoms with Crippen LogP contribution in [0.2, 0.25) is 0 Å². The van der Waals surface area contributed by atoms with Crippen LogP contribution in [0.4, 0.5) is 5.69 Å². The highest BCUT2D eigenvalue weighted by Gasteiger charge is 2.19. The molecule has 2 atom stereocenters. The van der Waals surface area contributed by atoms with Gasteiger partial charge in [0.15, 0.2) is 0 Å². The zero-order chi connectivity index (χ0) is 13.7. The first-order chi connectivity index (χ1) is 9.24. The molecule has 2 N–H and O–H groups in total. The number of furan rings is 1. The molecule has 0 fully saturated rings. The third-order valence-electron chi connectivity index (χ3n) is 3.17. The van der Waals surface area contributed by atoms with E-state index in [1.54, 1.807) is 19.6 Å². The molecule has 4 nitrogen and oxygen atoms in total. The quantitative estimate of drug-likeness (QED) is 0.839. The molecule has 4 heteroatoms. The van der Waals surface area contributed by atoms with Crippen molar-refractivity contribution in [3.63, 3.8) is 0 Å². The minimum atomic E-state index is 0.0112. The highest BCUT2D eigenvalue weighted by Crippen LogP contribution is 2.27. The fraction of sp³-hybridized carbons (Fsp3) is 0.333. The lowest BCUT2D eigenvalue weighted by molar-refractivity contribution is 0.222. The summed E-state index contributed by atoms with van der Waals surface area (Å²) >= 11 is 0. The van der Waals surface area contributed by atoms with Gasteiger partial charge in [-0.3, -0.25) is 0 Å². The second-order valence-corrected chi connectivity index (χ2v) is 4.57. The van der Waals surface area contributed by atoms with Crippen molar-refractivity contribution in [1.29, 1.82) is 0 Å². The number of hydrogen-bond donors (Lipinski definition) is 2. The van der Waals surface area contributed by atoms with Crippen molar-refractivity contribution >= 4 is 5.69 Å². The predicted octanol–water partition coefficient (Wildman–Crippen LogP) is 3.07. The Kier molecular flexibility index (Phi) is 4.47. The van der Waals surface area contributed by atoms with Crippen molar-refractivity contribution in [3.8, 4) is 5.75 Å². The minimum Gasteiger partial charge on any atom is -0.497 e. The van der Waals surface area contributed by atoms with E-state index < -0.39 is 0 Å². The van der Waals surface area contributed by atoms with E-state index in [9.17, 15) is 5.11 Å². The molecular formula is C15H19NO3. The summed E-state index contributed by atoms with van der Waals surface area (Å²) in [4.78, 5) is 0. The van der Waals surface area contributed by atoms with Gasteiger partial charge in [-0.1, -0.05) is 6.92 Å². The highest BCUT2D eigenvalue weighted by atomic mass is 16.5. The van der Waals surface area contributed by atoms with Crippen LogP contribution in [0.3, 0.4) is 0 Å². The van der Waals surface area contributed by atoms with Crippen LogP contribution in [-0.2, 0) is 0 Å². The summed E-state index contributed by atoms with van der Waals surface area (Å²) < 4.78 is 10.3. The molecule has 0 saturated carbocycles. The molecule has 0 radical (unpaired) electrons. The van der Waals surface area contributed by atoms with Crippen LogP contribution >= 0.6 is 0 Å². The second kappa shape index (κ2) is 6.29. The molecule has 2 rings (SSSR count). The Morgan fingerprint density at radius 3 is 2.53 bits per heavy atom. The Labute approximate surface area is 113 Å². The molecule has 1 heterocycles. The zero-order valence-corrected chi connectivity index (χ0v) is 11.2. The van der Waals surface area contributed by atoms with Crippen LogP contribution in [-0.4, -0.2) is 18.8 Å². The first-order valence-corrected chi connectivity index (χ1v) is 6.28. The van der Waals surface area contributed by atoms with E-state index in [0.717, 1.165) is 17.0 Å². The molecule has 0 saturated heterocycles. The van der Waals surface area contributed by atoms with E-state index in [0.29, 0.717) is 0 Å². The van der Waals surface area contributed by atoms with Gasteiger partial charge in [0.05, 0.1) is 25.7 Å². The van der Waals surface area contributed by atoms with Crippen LogP contribution in [0, 0.1) is 5.92 Å². The summed E-state index contributed by atoms with van der Waals surface area (Å²) in [5, 5.41) is 12.8. The molecule has 1 aromatic heterocycles. The third kappa shape index (κ3) is 3.29. The largest absolute Gasteiger partial charge is 0.497 e. The van der Waals surface area contributed by atoms with E-state index in [1.165, 1.54) is 0 Å². The van der Waals surface area contributed by atoms with E-state index in [4.69, 9.17) is 9.15 Å². The molecule has 0 unspecified atom stereocenters. The fourth-order valence-corrected chi connectivity index (χ4v) is 1.98. The first-order valence-electron chi connectivity index (χ1n) is 6.28. The fourth-order valence-electron chi connectivity index (χ4n) is 1.98. The van der Waals surface area contributed by atoms with Crippen molar-refractivity contribution in [3.05, 3.63) is 48.4 Å². The number of aliphatic hydroxyl groups is 1. The lowest BCUT2D eigenvalue weighted by atomic mass is 9.97. The Bertz CT molecular complexity index is 479. The SMILES string of the molecule is COc1ccc(N[C@H](c2ccoc2)[C@H](C)CO)cc1. The molecule has 102 valence electrons. The summed E-state index contributed by atoms with van der Waals surface area (Å²) in [7, 11) is 1.64. The topological polar surface area (TPSA) is 54.6 Å². The molecule has 1 aromatic carbocycles. The van der Waals surface area contributed by atoms with E-state index in [-0.39, 0.29) is 18.6 Å². The summed E-state index contributed by atoms with van der Waals surface area (Å²) in [6.45, 7) is 2.10. The number of rotatable bonds is 6. The lowest BCUT2D eigenvalue weighted by Gasteiger charge is -2.24. The minimum absolute atomic E-state index is 0.0112. The standard InChI is InChI=1S/C15H19NO3/c1-11(9-17)15(12-7-8-19-10-12)16-13-3-5-14(18-2)6-4-13/h3-8,10-11,15-17H,9H2,1-2H3/t11-,15+/m1/s1. The molecule has 0 bridgehead atoms. The molecule has 0 spiro atoms. The van der Waals surface area contributed by atoms with Gasteiger partial charge >= 0.3 is 0 Å². The molecule has 0 aliphatic carbocycles. The maximum Gasteiger partial charge on any atom is 0.119 e. The second-order valence-electron chi connectivity index (χ2n) is 4.57. The molecule has 2 aromatic rings. The van der Waals surface area contributed by atoms with Crippen molar-refractivity contribution in [2.75, 3.05) is 19.0 Å². The Morgan fingerprint density at radius 1 is 1.26 bits per heavy atom. The summed E-state index contributed by atoms with van der Waals surface area (Å²) in [5.74, 6) is 0.903. The van der Waals surface area contributed by atoms with Crippen LogP contribution in [0.1, 0.15) is 18.5 Å². The van der Waals surface area contributed by atoms with Crippen molar-refractivity contribution in [2.45, 2.75) is 13.0 Å². The number of aliphatic hydroxyl groups excluding tert-OH is 1. The number of methoxy groups -OCH3 is 1. The van der Waals surface area contributed by atoms with Gasteiger partial charge in [-0.15, -0.1) is 0 Å². The van der Waals surface area contributed by atoms with Crippen LogP contribution < -0.4 is 10.1 Å². The van der Waals surface area contributed by atoms with Crippen molar-refractivity contribution in [2.24, 2.45) is 5.92 Å². The van der Waals surface area contributed by atoms with E-state index in [1.807, 2.05) is 37.3 Å². The van der Waals surface area contributed by atoms with Crippen LogP contribution in [0.15, 0.2) is 47.3 Å². The van der Waals surface area contributed by atoms with E-state index >= 15 is 0 Å².